The van der Waals surface area contributed by atoms with E-state index in [-0.39, 0.29) is 12.2 Å². The first-order valence-corrected chi connectivity index (χ1v) is 9.00. The number of carboxylic acids is 2. The van der Waals surface area contributed by atoms with Crippen molar-refractivity contribution in [2.24, 2.45) is 5.73 Å². The lowest BCUT2D eigenvalue weighted by Crippen LogP contribution is -2.57. The quantitative estimate of drug-likeness (QED) is 0.163. The first kappa shape index (κ1) is 25.3. The van der Waals surface area contributed by atoms with Crippen LogP contribution in [-0.4, -0.2) is 81.4 Å². The first-order valence-electron chi connectivity index (χ1n) is 9.00. The van der Waals surface area contributed by atoms with Crippen molar-refractivity contribution in [2.45, 2.75) is 31.0 Å². The summed E-state index contributed by atoms with van der Waals surface area (Å²) in [5.74, 6) is -5.80. The zero-order chi connectivity index (χ0) is 23.6. The molecular weight excluding hydrogens is 416 g/mol. The number of carboxylic acid groups (broad SMARTS) is 2. The van der Waals surface area contributed by atoms with E-state index in [4.69, 9.17) is 21.1 Å². The van der Waals surface area contributed by atoms with Gasteiger partial charge < -0.3 is 42.1 Å². The number of nitrogens with two attached hydrogens (primary N) is 1. The van der Waals surface area contributed by atoms with Crippen LogP contribution in [0.15, 0.2) is 24.3 Å². The third-order valence-corrected chi connectivity index (χ3v) is 4.02. The van der Waals surface area contributed by atoms with Crippen molar-refractivity contribution in [3.8, 4) is 5.75 Å². The summed E-state index contributed by atoms with van der Waals surface area (Å²) in [4.78, 5) is 58.8. The number of amides is 3. The molecule has 0 spiro atoms. The highest BCUT2D eigenvalue weighted by Crippen LogP contribution is 2.12. The maximum absolute atomic E-state index is 12.7. The average Bonchev–Trinajstić information content (AvgIpc) is 2.71. The van der Waals surface area contributed by atoms with Gasteiger partial charge in [-0.15, -0.1) is 0 Å². The number of carbonyl (C=O) groups is 5. The van der Waals surface area contributed by atoms with E-state index in [0.29, 0.717) is 5.56 Å². The standard InChI is InChI=1S/C18H24N4O9/c19-7-14(25)20-11(5-9-1-3-10(24)4-2-9)16(28)21-12(6-15(26)27)17(29)22-13(8-23)18(30)31/h1-4,11-13,23-24H,5-8,19H2,(H,20,25)(H,21,28)(H,22,29)(H,26,27)(H,30,31). The van der Waals surface area contributed by atoms with Gasteiger partial charge in [0.25, 0.3) is 0 Å². The number of aliphatic carboxylic acids is 2. The molecule has 9 N–H and O–H groups in total. The second kappa shape index (κ2) is 12.1. The summed E-state index contributed by atoms with van der Waals surface area (Å²) in [5, 5.41) is 42.7. The maximum atomic E-state index is 12.7. The van der Waals surface area contributed by atoms with Crippen molar-refractivity contribution in [3.63, 3.8) is 0 Å². The van der Waals surface area contributed by atoms with Gasteiger partial charge >= 0.3 is 11.9 Å². The van der Waals surface area contributed by atoms with Gasteiger partial charge in [-0.05, 0) is 17.7 Å². The summed E-state index contributed by atoms with van der Waals surface area (Å²) in [5.41, 5.74) is 5.78. The molecule has 0 saturated heterocycles. The molecule has 3 amide bonds. The minimum atomic E-state index is -1.70. The fourth-order valence-electron chi connectivity index (χ4n) is 2.44. The highest BCUT2D eigenvalue weighted by atomic mass is 16.4. The second-order valence-electron chi connectivity index (χ2n) is 6.44. The second-order valence-corrected chi connectivity index (χ2v) is 6.44. The summed E-state index contributed by atoms with van der Waals surface area (Å²) >= 11 is 0. The maximum Gasteiger partial charge on any atom is 0.328 e. The lowest BCUT2D eigenvalue weighted by atomic mass is 10.0. The Balaban J connectivity index is 3.02. The average molecular weight is 440 g/mol. The number of aliphatic hydroxyl groups is 1. The summed E-state index contributed by atoms with van der Waals surface area (Å²) in [6.45, 7) is -1.39. The molecule has 170 valence electrons. The Labute approximate surface area is 176 Å². The van der Waals surface area contributed by atoms with Crippen LogP contribution in [0.25, 0.3) is 0 Å². The van der Waals surface area contributed by atoms with Crippen LogP contribution in [0, 0.1) is 0 Å². The Morgan fingerprint density at radius 2 is 1.42 bits per heavy atom. The van der Waals surface area contributed by atoms with Crippen LogP contribution in [0.1, 0.15) is 12.0 Å². The van der Waals surface area contributed by atoms with E-state index in [1.807, 2.05) is 5.32 Å². The lowest BCUT2D eigenvalue weighted by Gasteiger charge is -2.23. The number of carbonyl (C=O) groups excluding carboxylic acids is 3. The molecular formula is C18H24N4O9. The molecule has 0 aromatic heterocycles. The molecule has 1 aromatic rings. The van der Waals surface area contributed by atoms with Gasteiger partial charge in [-0.1, -0.05) is 12.1 Å². The summed E-state index contributed by atoms with van der Waals surface area (Å²) in [6.07, 6.45) is -0.959. The normalized spacial score (nSPS) is 13.4. The van der Waals surface area contributed by atoms with Crippen LogP contribution in [0.4, 0.5) is 0 Å². The third-order valence-electron chi connectivity index (χ3n) is 4.02. The van der Waals surface area contributed by atoms with Gasteiger partial charge in [0.2, 0.25) is 17.7 Å². The minimum Gasteiger partial charge on any atom is -0.508 e. The molecule has 0 saturated carbocycles. The molecule has 0 heterocycles. The van der Waals surface area contributed by atoms with Crippen molar-refractivity contribution in [1.82, 2.24) is 16.0 Å². The van der Waals surface area contributed by atoms with E-state index in [1.54, 1.807) is 0 Å². The molecule has 0 aliphatic carbocycles. The van der Waals surface area contributed by atoms with Gasteiger partial charge in [-0.3, -0.25) is 19.2 Å². The zero-order valence-corrected chi connectivity index (χ0v) is 16.3. The first-order chi connectivity index (χ1) is 14.6. The predicted molar refractivity (Wildman–Crippen MR) is 104 cm³/mol. The van der Waals surface area contributed by atoms with E-state index < -0.39 is 67.4 Å². The number of benzene rings is 1. The number of nitrogens with one attached hydrogen (secondary N) is 3. The predicted octanol–water partition coefficient (Wildman–Crippen LogP) is -3.10. The largest absolute Gasteiger partial charge is 0.508 e. The minimum absolute atomic E-state index is 0.0224. The molecule has 0 aliphatic rings. The molecule has 3 atom stereocenters. The lowest BCUT2D eigenvalue weighted by molar-refractivity contribution is -0.144. The summed E-state index contributed by atoms with van der Waals surface area (Å²) < 4.78 is 0. The number of aromatic hydroxyl groups is 1. The van der Waals surface area contributed by atoms with Crippen molar-refractivity contribution in [2.75, 3.05) is 13.2 Å². The monoisotopic (exact) mass is 440 g/mol. The van der Waals surface area contributed by atoms with Crippen LogP contribution in [0.2, 0.25) is 0 Å². The molecule has 0 radical (unpaired) electrons. The van der Waals surface area contributed by atoms with Crippen LogP contribution in [0.5, 0.6) is 5.75 Å². The SMILES string of the molecule is NCC(=O)NC(Cc1ccc(O)cc1)C(=O)NC(CC(=O)O)C(=O)NC(CO)C(=O)O. The summed E-state index contributed by atoms with van der Waals surface area (Å²) in [6, 6.07) is 1.06. The molecule has 0 bridgehead atoms. The Morgan fingerprint density at radius 1 is 0.871 bits per heavy atom. The van der Waals surface area contributed by atoms with Gasteiger partial charge in [0.15, 0.2) is 0 Å². The number of phenolic OH excluding ortho intramolecular Hbond substituents is 1. The van der Waals surface area contributed by atoms with Gasteiger partial charge in [0.05, 0.1) is 19.6 Å². The number of hydrogen-bond acceptors (Lipinski definition) is 8. The van der Waals surface area contributed by atoms with E-state index >= 15 is 0 Å². The fraction of sp³-hybridized carbons (Fsp3) is 0.389. The Kier molecular flexibility index (Phi) is 9.88. The van der Waals surface area contributed by atoms with E-state index in [0.717, 1.165) is 0 Å². The third kappa shape index (κ3) is 8.67. The van der Waals surface area contributed by atoms with Gasteiger partial charge in [-0.2, -0.15) is 0 Å². The van der Waals surface area contributed by atoms with Crippen molar-refractivity contribution in [3.05, 3.63) is 29.8 Å². The summed E-state index contributed by atoms with van der Waals surface area (Å²) in [7, 11) is 0. The fourth-order valence-corrected chi connectivity index (χ4v) is 2.44. The van der Waals surface area contributed by atoms with Gasteiger partial charge in [0, 0.05) is 6.42 Å². The number of hydrogen-bond donors (Lipinski definition) is 8. The molecule has 13 heteroatoms. The molecule has 0 fully saturated rings. The highest BCUT2D eigenvalue weighted by molar-refractivity contribution is 5.95. The molecule has 0 aliphatic heterocycles. The van der Waals surface area contributed by atoms with Crippen molar-refractivity contribution in [1.29, 1.82) is 0 Å². The Morgan fingerprint density at radius 3 is 1.90 bits per heavy atom. The van der Waals surface area contributed by atoms with Gasteiger partial charge in [-0.25, -0.2) is 4.79 Å². The van der Waals surface area contributed by atoms with Crippen LogP contribution < -0.4 is 21.7 Å². The van der Waals surface area contributed by atoms with E-state index in [9.17, 15) is 29.1 Å². The van der Waals surface area contributed by atoms with E-state index in [2.05, 4.69) is 10.6 Å². The highest BCUT2D eigenvalue weighted by Gasteiger charge is 2.30. The van der Waals surface area contributed by atoms with Crippen LogP contribution in [0.3, 0.4) is 0 Å². The van der Waals surface area contributed by atoms with Crippen LogP contribution in [-0.2, 0) is 30.4 Å². The number of rotatable bonds is 12. The van der Waals surface area contributed by atoms with Crippen molar-refractivity contribution < 1.29 is 44.4 Å². The smallest absolute Gasteiger partial charge is 0.328 e. The number of phenols is 1. The Hall–Kier alpha value is -3.71. The van der Waals surface area contributed by atoms with Crippen LogP contribution >= 0.6 is 0 Å². The number of aliphatic hydroxyl groups excluding tert-OH is 1. The zero-order valence-electron chi connectivity index (χ0n) is 16.3. The molecule has 13 nitrogen and oxygen atoms in total. The van der Waals surface area contributed by atoms with E-state index in [1.165, 1.54) is 24.3 Å². The topological polar surface area (TPSA) is 228 Å². The van der Waals surface area contributed by atoms with Gasteiger partial charge in [0.1, 0.15) is 23.9 Å². The Bertz CT molecular complexity index is 813. The molecule has 31 heavy (non-hydrogen) atoms. The molecule has 3 unspecified atom stereocenters. The molecule has 1 aromatic carbocycles. The van der Waals surface area contributed by atoms with Crippen molar-refractivity contribution >= 4 is 29.7 Å². The molecule has 1 rings (SSSR count).